The first-order valence-electron chi connectivity index (χ1n) is 7.42. The number of benzene rings is 1. The van der Waals surface area contributed by atoms with Crippen LogP contribution < -0.4 is 5.23 Å². The number of hydrogen-bond acceptors (Lipinski definition) is 8. The fraction of sp³-hybridized carbons (Fsp3) is 0.400. The van der Waals surface area contributed by atoms with Gasteiger partial charge in [-0.1, -0.05) is 12.1 Å². The summed E-state index contributed by atoms with van der Waals surface area (Å²) in [6.07, 6.45) is 1.32. The van der Waals surface area contributed by atoms with Gasteiger partial charge in [-0.15, -0.1) is 0 Å². The molecule has 1 rings (SSSR count). The predicted octanol–water partition coefficient (Wildman–Crippen LogP) is 3.55. The Kier molecular flexibility index (Phi) is 8.10. The highest BCUT2D eigenvalue weighted by atomic mass is 31.2. The zero-order chi connectivity index (χ0) is 18.2. The lowest BCUT2D eigenvalue weighted by Gasteiger charge is -2.21. The maximum Gasteiger partial charge on any atom is 0.368 e. The Morgan fingerprint density at radius 2 is 1.71 bits per heavy atom. The van der Waals surface area contributed by atoms with Gasteiger partial charge in [-0.3, -0.25) is 9.77 Å². The maximum absolute atomic E-state index is 12.9. The molecule has 0 aromatic heterocycles. The zero-order valence-corrected chi connectivity index (χ0v) is 14.7. The molecule has 24 heavy (non-hydrogen) atoms. The summed E-state index contributed by atoms with van der Waals surface area (Å²) in [7, 11) is -3.85. The molecular formula is C15H21NO7P-. The summed E-state index contributed by atoms with van der Waals surface area (Å²) in [5.74, 6) is -0.806. The molecule has 0 radical (unpaired) electrons. The summed E-state index contributed by atoms with van der Waals surface area (Å²) in [6.45, 7) is 5.16. The molecule has 0 saturated carbocycles. The third kappa shape index (κ3) is 5.43. The lowest BCUT2D eigenvalue weighted by atomic mass is 10.2. The van der Waals surface area contributed by atoms with Crippen molar-refractivity contribution in [3.05, 3.63) is 40.4 Å². The summed E-state index contributed by atoms with van der Waals surface area (Å²) in [5.41, 5.74) is 0.478. The number of nitrogens with zero attached hydrogens (tertiary/aromatic N) is 1. The highest BCUT2D eigenvalue weighted by Gasteiger charge is 2.36. The van der Waals surface area contributed by atoms with Gasteiger partial charge in [-0.25, -0.2) is 4.79 Å². The largest absolute Gasteiger partial charge is 0.733 e. The third-order valence-electron chi connectivity index (χ3n) is 2.80. The summed E-state index contributed by atoms with van der Waals surface area (Å²) < 4.78 is 28.2. The van der Waals surface area contributed by atoms with E-state index in [0.717, 1.165) is 0 Å². The van der Waals surface area contributed by atoms with Gasteiger partial charge in [-0.05, 0) is 44.5 Å². The van der Waals surface area contributed by atoms with E-state index in [9.17, 15) is 14.6 Å². The van der Waals surface area contributed by atoms with Gasteiger partial charge in [0.25, 0.3) is 0 Å². The summed E-state index contributed by atoms with van der Waals surface area (Å²) in [6, 6.07) is 5.62. The van der Waals surface area contributed by atoms with Crippen molar-refractivity contribution in [2.75, 3.05) is 25.0 Å². The van der Waals surface area contributed by atoms with E-state index >= 15 is 0 Å². The molecule has 134 valence electrons. The molecule has 1 N–H and O–H groups in total. The molecule has 0 heterocycles. The van der Waals surface area contributed by atoms with Crippen LogP contribution in [0.15, 0.2) is 29.6 Å². The minimum absolute atomic E-state index is 0.0163. The minimum atomic E-state index is -3.85. The van der Waals surface area contributed by atoms with E-state index in [1.807, 2.05) is 0 Å². The number of carbonyl (C=O) groups is 1. The molecular weight excluding hydrogens is 337 g/mol. The smallest absolute Gasteiger partial charge is 0.368 e. The Morgan fingerprint density at radius 3 is 2.12 bits per heavy atom. The Labute approximate surface area is 140 Å². The fourth-order valence-corrected chi connectivity index (χ4v) is 3.45. The lowest BCUT2D eigenvalue weighted by molar-refractivity contribution is -0.137. The second-order valence-corrected chi connectivity index (χ2v) is 6.44. The van der Waals surface area contributed by atoms with Crippen LogP contribution in [0.1, 0.15) is 26.3 Å². The van der Waals surface area contributed by atoms with Crippen molar-refractivity contribution in [1.29, 1.82) is 0 Å². The Balaban J connectivity index is 3.30. The molecule has 0 saturated heterocycles. The number of hydrogen-bond donors (Lipinski definition) is 1. The molecule has 9 heteroatoms. The van der Waals surface area contributed by atoms with Crippen LogP contribution in [0, 0.1) is 5.21 Å². The predicted molar refractivity (Wildman–Crippen MR) is 89.5 cm³/mol. The molecule has 0 amide bonds. The Bertz CT molecular complexity index is 603. The van der Waals surface area contributed by atoms with Gasteiger partial charge in [-0.2, -0.15) is 0 Å². The molecule has 0 aliphatic rings. The number of carbonyl (C=O) groups excluding carboxylic acids is 1. The standard InChI is InChI=1S/C15H21NO7P/c1-4-21-15(17)14(24(20,22-5-2)23-6-3)11-12-7-9-13(10-8-12)16(18)19/h7-11,18H,4-6H2,1-3H3/q-1/b14-11+. The van der Waals surface area contributed by atoms with Crippen LogP contribution in [0.2, 0.25) is 0 Å². The van der Waals surface area contributed by atoms with Gasteiger partial charge in [0.05, 0.1) is 25.5 Å². The molecule has 0 atom stereocenters. The van der Waals surface area contributed by atoms with Gasteiger partial charge in [0.1, 0.15) is 5.31 Å². The van der Waals surface area contributed by atoms with E-state index in [4.69, 9.17) is 19.0 Å². The van der Waals surface area contributed by atoms with Crippen molar-refractivity contribution in [3.8, 4) is 0 Å². The molecule has 8 nitrogen and oxygen atoms in total. The van der Waals surface area contributed by atoms with E-state index < -0.39 is 13.6 Å². The molecule has 0 unspecified atom stereocenters. The van der Waals surface area contributed by atoms with E-state index in [-0.39, 0.29) is 36.0 Å². The first kappa shape index (κ1) is 20.3. The SMILES string of the molecule is CCOC(=O)/C(=C\c1ccc(N([O-])O)cc1)P(=O)(OCC)OCC. The van der Waals surface area contributed by atoms with Crippen molar-refractivity contribution < 1.29 is 28.4 Å². The summed E-state index contributed by atoms with van der Waals surface area (Å²) in [5, 5.41) is 19.1. The Morgan fingerprint density at radius 1 is 1.17 bits per heavy atom. The highest BCUT2D eigenvalue weighted by molar-refractivity contribution is 7.60. The minimum Gasteiger partial charge on any atom is -0.733 e. The second-order valence-electron chi connectivity index (χ2n) is 4.45. The molecule has 0 bridgehead atoms. The van der Waals surface area contributed by atoms with Gasteiger partial charge < -0.3 is 24.2 Å². The maximum atomic E-state index is 12.9. The van der Waals surface area contributed by atoms with Gasteiger partial charge in [0, 0.05) is 0 Å². The van der Waals surface area contributed by atoms with Crippen LogP contribution in [0.5, 0.6) is 0 Å². The van der Waals surface area contributed by atoms with Gasteiger partial charge in [0.15, 0.2) is 0 Å². The second kappa shape index (κ2) is 9.56. The van der Waals surface area contributed by atoms with Crippen LogP contribution in [-0.2, 0) is 23.1 Å². The average molecular weight is 358 g/mol. The zero-order valence-electron chi connectivity index (χ0n) is 13.8. The number of ether oxygens (including phenoxy) is 1. The number of rotatable bonds is 9. The molecule has 1 aromatic rings. The quantitative estimate of drug-likeness (QED) is 0.309. The molecule has 0 aliphatic heterocycles. The van der Waals surface area contributed by atoms with Crippen LogP contribution >= 0.6 is 7.60 Å². The van der Waals surface area contributed by atoms with Crippen molar-refractivity contribution in [2.45, 2.75) is 20.8 Å². The van der Waals surface area contributed by atoms with Crippen LogP contribution in [-0.4, -0.2) is 31.0 Å². The van der Waals surface area contributed by atoms with Crippen LogP contribution in [0.4, 0.5) is 5.69 Å². The normalized spacial score (nSPS) is 12.1. The molecule has 0 spiro atoms. The molecule has 1 aromatic carbocycles. The van der Waals surface area contributed by atoms with E-state index in [2.05, 4.69) is 0 Å². The van der Waals surface area contributed by atoms with Crippen LogP contribution in [0.3, 0.4) is 0 Å². The summed E-state index contributed by atoms with van der Waals surface area (Å²) in [4.78, 5) is 12.2. The number of anilines is 1. The van der Waals surface area contributed by atoms with Gasteiger partial charge >= 0.3 is 13.6 Å². The summed E-state index contributed by atoms with van der Waals surface area (Å²) >= 11 is 0. The monoisotopic (exact) mass is 358 g/mol. The van der Waals surface area contributed by atoms with Crippen molar-refractivity contribution in [3.63, 3.8) is 0 Å². The van der Waals surface area contributed by atoms with Crippen molar-refractivity contribution in [1.82, 2.24) is 0 Å². The van der Waals surface area contributed by atoms with E-state index in [0.29, 0.717) is 5.56 Å². The van der Waals surface area contributed by atoms with Crippen molar-refractivity contribution in [2.24, 2.45) is 0 Å². The topological polar surface area (TPSA) is 108 Å². The van der Waals surface area contributed by atoms with Crippen LogP contribution in [0.25, 0.3) is 6.08 Å². The first-order chi connectivity index (χ1) is 11.4. The first-order valence-corrected chi connectivity index (χ1v) is 8.96. The third-order valence-corrected chi connectivity index (χ3v) is 4.89. The molecule has 0 aliphatic carbocycles. The lowest BCUT2D eigenvalue weighted by Crippen LogP contribution is -2.11. The van der Waals surface area contributed by atoms with Crippen molar-refractivity contribution >= 4 is 25.3 Å². The van der Waals surface area contributed by atoms with E-state index in [1.165, 1.54) is 30.3 Å². The number of esters is 1. The fourth-order valence-electron chi connectivity index (χ4n) is 1.83. The average Bonchev–Trinajstić information content (AvgIpc) is 2.53. The highest BCUT2D eigenvalue weighted by Crippen LogP contribution is 2.57. The molecule has 0 fully saturated rings. The van der Waals surface area contributed by atoms with E-state index in [1.54, 1.807) is 20.8 Å². The van der Waals surface area contributed by atoms with Gasteiger partial charge in [0.2, 0.25) is 0 Å². The Hall–Kier alpha value is -1.70.